The molecule has 15 heavy (non-hydrogen) atoms. The van der Waals surface area contributed by atoms with Gasteiger partial charge in [0.25, 0.3) is 5.69 Å². The Labute approximate surface area is 95.5 Å². The summed E-state index contributed by atoms with van der Waals surface area (Å²) in [6, 6.07) is 3.14. The molecule has 1 aromatic rings. The van der Waals surface area contributed by atoms with Gasteiger partial charge in [-0.25, -0.2) is 0 Å². The van der Waals surface area contributed by atoms with Gasteiger partial charge in [-0.3, -0.25) is 10.1 Å². The van der Waals surface area contributed by atoms with Gasteiger partial charge in [0.2, 0.25) is 0 Å². The minimum Gasteiger partial charge on any atom is -0.496 e. The first kappa shape index (κ1) is 11.9. The van der Waals surface area contributed by atoms with Crippen LogP contribution in [0.4, 0.5) is 5.69 Å². The molecule has 0 spiro atoms. The molecule has 0 bridgehead atoms. The summed E-state index contributed by atoms with van der Waals surface area (Å²) in [4.78, 5) is 10.4. The molecular weight excluding hydrogens is 264 g/mol. The van der Waals surface area contributed by atoms with Crippen LogP contribution in [0.1, 0.15) is 5.56 Å². The van der Waals surface area contributed by atoms with Crippen LogP contribution >= 0.6 is 15.9 Å². The van der Waals surface area contributed by atoms with E-state index in [1.165, 1.54) is 13.2 Å². The van der Waals surface area contributed by atoms with E-state index in [1.54, 1.807) is 6.07 Å². The van der Waals surface area contributed by atoms with Gasteiger partial charge in [0.05, 0.1) is 17.6 Å². The molecule has 0 saturated heterocycles. The molecule has 0 heterocycles. The van der Waals surface area contributed by atoms with Gasteiger partial charge in [0.15, 0.2) is 0 Å². The van der Waals surface area contributed by atoms with Crippen LogP contribution < -0.4 is 10.5 Å². The first-order valence-corrected chi connectivity index (χ1v) is 5.10. The summed E-state index contributed by atoms with van der Waals surface area (Å²) in [5.74, 6) is 0.488. The molecule has 0 saturated carbocycles. The minimum atomic E-state index is -0.432. The van der Waals surface area contributed by atoms with Crippen LogP contribution in [0.3, 0.4) is 0 Å². The van der Waals surface area contributed by atoms with Crippen molar-refractivity contribution in [3.05, 3.63) is 32.3 Å². The van der Waals surface area contributed by atoms with Crippen LogP contribution in [0.15, 0.2) is 16.6 Å². The molecule has 0 unspecified atom stereocenters. The molecule has 0 radical (unpaired) electrons. The van der Waals surface area contributed by atoms with Crippen molar-refractivity contribution in [3.63, 3.8) is 0 Å². The van der Waals surface area contributed by atoms with E-state index in [-0.39, 0.29) is 5.69 Å². The van der Waals surface area contributed by atoms with Gasteiger partial charge in [0, 0.05) is 10.5 Å². The summed E-state index contributed by atoms with van der Waals surface area (Å²) in [6.45, 7) is 0.346. The molecule has 0 aliphatic carbocycles. The number of nitrogens with two attached hydrogens (primary N) is 1. The summed E-state index contributed by atoms with van der Waals surface area (Å²) in [7, 11) is 1.48. The van der Waals surface area contributed by atoms with Crippen LogP contribution in [0.2, 0.25) is 0 Å². The Morgan fingerprint density at radius 1 is 1.60 bits per heavy atom. The average molecular weight is 275 g/mol. The molecule has 5 nitrogen and oxygen atoms in total. The summed E-state index contributed by atoms with van der Waals surface area (Å²) in [5.41, 5.74) is 5.97. The van der Waals surface area contributed by atoms with E-state index in [4.69, 9.17) is 10.5 Å². The Morgan fingerprint density at radius 3 is 2.73 bits per heavy atom. The third-order valence-electron chi connectivity index (χ3n) is 1.96. The van der Waals surface area contributed by atoms with Crippen LogP contribution in [0.5, 0.6) is 5.75 Å². The smallest absolute Gasteiger partial charge is 0.277 e. The van der Waals surface area contributed by atoms with Crippen LogP contribution in [0.25, 0.3) is 0 Å². The summed E-state index contributed by atoms with van der Waals surface area (Å²) >= 11 is 3.19. The first-order chi connectivity index (χ1) is 7.10. The Balaban J connectivity index is 3.33. The Morgan fingerprint density at radius 2 is 2.27 bits per heavy atom. The maximum atomic E-state index is 10.8. The van der Waals surface area contributed by atoms with Crippen molar-refractivity contribution in [1.29, 1.82) is 0 Å². The molecule has 82 valence electrons. The Kier molecular flexibility index (Phi) is 4.05. The number of rotatable bonds is 4. The zero-order valence-corrected chi connectivity index (χ0v) is 9.78. The fraction of sp³-hybridized carbons (Fsp3) is 0.333. The van der Waals surface area contributed by atoms with Crippen molar-refractivity contribution < 1.29 is 9.66 Å². The zero-order chi connectivity index (χ0) is 11.4. The Hall–Kier alpha value is -1.14. The summed E-state index contributed by atoms with van der Waals surface area (Å²) in [6.07, 6.45) is 0.423. The third kappa shape index (κ3) is 2.66. The lowest BCUT2D eigenvalue weighted by Crippen LogP contribution is -2.07. The number of nitro benzene ring substituents is 1. The van der Waals surface area contributed by atoms with E-state index in [2.05, 4.69) is 15.9 Å². The zero-order valence-electron chi connectivity index (χ0n) is 8.20. The van der Waals surface area contributed by atoms with Gasteiger partial charge in [-0.15, -0.1) is 0 Å². The SMILES string of the molecule is COc1cc(Br)cc([N+](=O)[O-])c1CCN. The highest BCUT2D eigenvalue weighted by atomic mass is 79.9. The largest absolute Gasteiger partial charge is 0.496 e. The average Bonchev–Trinajstić information content (AvgIpc) is 2.19. The molecule has 6 heteroatoms. The molecule has 0 atom stereocenters. The molecule has 2 N–H and O–H groups in total. The van der Waals surface area contributed by atoms with Gasteiger partial charge >= 0.3 is 0 Å². The van der Waals surface area contributed by atoms with Crippen molar-refractivity contribution in [2.24, 2.45) is 5.73 Å². The second-order valence-corrected chi connectivity index (χ2v) is 3.82. The second-order valence-electron chi connectivity index (χ2n) is 2.90. The minimum absolute atomic E-state index is 0.0340. The number of hydrogen-bond acceptors (Lipinski definition) is 4. The van der Waals surface area contributed by atoms with Gasteiger partial charge in [-0.05, 0) is 19.0 Å². The van der Waals surface area contributed by atoms with E-state index < -0.39 is 4.92 Å². The number of benzene rings is 1. The van der Waals surface area contributed by atoms with Crippen molar-refractivity contribution in [2.75, 3.05) is 13.7 Å². The quantitative estimate of drug-likeness (QED) is 0.672. The van der Waals surface area contributed by atoms with E-state index in [1.807, 2.05) is 0 Å². The van der Waals surface area contributed by atoms with Gasteiger partial charge < -0.3 is 10.5 Å². The fourth-order valence-electron chi connectivity index (χ4n) is 1.34. The standard InChI is InChI=1S/C9H11BrN2O3/c1-15-9-5-6(10)4-8(12(13)14)7(9)2-3-11/h4-5H,2-3,11H2,1H3. The predicted molar refractivity (Wildman–Crippen MR) is 60.1 cm³/mol. The maximum Gasteiger partial charge on any atom is 0.277 e. The van der Waals surface area contributed by atoms with E-state index in [0.29, 0.717) is 28.8 Å². The molecule has 0 fully saturated rings. The molecule has 1 rings (SSSR count). The number of nitrogens with zero attached hydrogens (tertiary/aromatic N) is 1. The van der Waals surface area contributed by atoms with Crippen molar-refractivity contribution in [1.82, 2.24) is 0 Å². The van der Waals surface area contributed by atoms with Crippen LogP contribution in [0, 0.1) is 10.1 Å². The molecule has 0 aromatic heterocycles. The Bertz CT molecular complexity index is 382. The lowest BCUT2D eigenvalue weighted by Gasteiger charge is -2.08. The number of ether oxygens (including phenoxy) is 1. The normalized spacial score (nSPS) is 10.1. The van der Waals surface area contributed by atoms with E-state index in [0.717, 1.165) is 0 Å². The van der Waals surface area contributed by atoms with E-state index in [9.17, 15) is 10.1 Å². The number of hydrogen-bond donors (Lipinski definition) is 1. The number of nitro groups is 1. The highest BCUT2D eigenvalue weighted by molar-refractivity contribution is 9.10. The molecule has 0 aliphatic heterocycles. The lowest BCUT2D eigenvalue weighted by atomic mass is 10.1. The lowest BCUT2D eigenvalue weighted by molar-refractivity contribution is -0.385. The third-order valence-corrected chi connectivity index (χ3v) is 2.42. The molecule has 0 amide bonds. The second kappa shape index (κ2) is 5.09. The monoisotopic (exact) mass is 274 g/mol. The highest BCUT2D eigenvalue weighted by Crippen LogP contribution is 2.32. The highest BCUT2D eigenvalue weighted by Gasteiger charge is 2.18. The van der Waals surface area contributed by atoms with Crippen molar-refractivity contribution in [2.45, 2.75) is 6.42 Å². The van der Waals surface area contributed by atoms with Crippen LogP contribution in [-0.4, -0.2) is 18.6 Å². The number of methoxy groups -OCH3 is 1. The fourth-order valence-corrected chi connectivity index (χ4v) is 1.76. The summed E-state index contributed by atoms with van der Waals surface area (Å²) < 4.78 is 5.70. The van der Waals surface area contributed by atoms with Crippen molar-refractivity contribution in [3.8, 4) is 5.75 Å². The predicted octanol–water partition coefficient (Wildman–Crippen LogP) is 1.87. The van der Waals surface area contributed by atoms with Gasteiger partial charge in [-0.2, -0.15) is 0 Å². The molecule has 1 aromatic carbocycles. The van der Waals surface area contributed by atoms with Gasteiger partial charge in [0.1, 0.15) is 5.75 Å². The topological polar surface area (TPSA) is 78.4 Å². The maximum absolute atomic E-state index is 10.8. The van der Waals surface area contributed by atoms with Crippen molar-refractivity contribution >= 4 is 21.6 Å². The molecular formula is C9H11BrN2O3. The van der Waals surface area contributed by atoms with Gasteiger partial charge in [-0.1, -0.05) is 15.9 Å². The number of halogens is 1. The van der Waals surface area contributed by atoms with Crippen LogP contribution in [-0.2, 0) is 6.42 Å². The van der Waals surface area contributed by atoms with E-state index >= 15 is 0 Å². The summed E-state index contributed by atoms with van der Waals surface area (Å²) in [5, 5.41) is 10.8. The molecule has 0 aliphatic rings. The first-order valence-electron chi connectivity index (χ1n) is 4.31.